The fourth-order valence-electron chi connectivity index (χ4n) is 1.28. The Morgan fingerprint density at radius 2 is 2.00 bits per heavy atom. The van der Waals surface area contributed by atoms with Gasteiger partial charge in [-0.1, -0.05) is 28.1 Å². The molecule has 0 saturated carbocycles. The summed E-state index contributed by atoms with van der Waals surface area (Å²) in [5.74, 6) is 0.626. The normalized spacial score (nSPS) is 10.5. The van der Waals surface area contributed by atoms with E-state index in [0.717, 1.165) is 10.0 Å². The zero-order chi connectivity index (χ0) is 10.7. The monoisotopic (exact) mass is 267 g/mol. The van der Waals surface area contributed by atoms with Gasteiger partial charge in [0.1, 0.15) is 12.0 Å². The van der Waals surface area contributed by atoms with Crippen LogP contribution in [-0.2, 0) is 13.0 Å². The second-order valence-electron chi connectivity index (χ2n) is 3.19. The molecule has 0 spiro atoms. The van der Waals surface area contributed by atoms with Crippen LogP contribution >= 0.6 is 15.9 Å². The zero-order valence-electron chi connectivity index (χ0n) is 7.98. The highest BCUT2D eigenvalue weighted by Crippen LogP contribution is 2.14. The lowest BCUT2D eigenvalue weighted by molar-refractivity contribution is 0.276. The molecule has 1 heterocycles. The number of rotatable bonds is 3. The number of hydrogen-bond donors (Lipinski definition) is 1. The van der Waals surface area contributed by atoms with Crippen LogP contribution in [0.2, 0.25) is 0 Å². The average molecular weight is 268 g/mol. The maximum Gasteiger partial charge on any atom is 0.198 e. The summed E-state index contributed by atoms with van der Waals surface area (Å²) in [6, 6.07) is 7.97. The summed E-state index contributed by atoms with van der Waals surface area (Å²) in [6.07, 6.45) is 2.13. The molecule has 2 aromatic rings. The Labute approximate surface area is 95.9 Å². The number of oxazole rings is 1. The van der Waals surface area contributed by atoms with Gasteiger partial charge in [0.15, 0.2) is 5.89 Å². The predicted octanol–water partition coefficient (Wildman–Crippen LogP) is 2.52. The minimum Gasteiger partial charge on any atom is -0.448 e. The standard InChI is InChI=1S/C11H10BrNO2/c12-9-3-1-8(2-4-9)5-11-13-10(6-14)7-15-11/h1-4,7,14H,5-6H2. The molecule has 0 radical (unpaired) electrons. The van der Waals surface area contributed by atoms with Crippen molar-refractivity contribution in [3.05, 3.63) is 52.1 Å². The smallest absolute Gasteiger partial charge is 0.198 e. The fraction of sp³-hybridized carbons (Fsp3) is 0.182. The lowest BCUT2D eigenvalue weighted by Crippen LogP contribution is -1.89. The topological polar surface area (TPSA) is 46.3 Å². The van der Waals surface area contributed by atoms with Crippen molar-refractivity contribution in [2.45, 2.75) is 13.0 Å². The van der Waals surface area contributed by atoms with Crippen molar-refractivity contribution in [2.24, 2.45) is 0 Å². The maximum atomic E-state index is 8.82. The van der Waals surface area contributed by atoms with Crippen LogP contribution < -0.4 is 0 Å². The van der Waals surface area contributed by atoms with E-state index in [1.54, 1.807) is 0 Å². The third kappa shape index (κ3) is 2.67. The van der Waals surface area contributed by atoms with Gasteiger partial charge >= 0.3 is 0 Å². The van der Waals surface area contributed by atoms with Crippen molar-refractivity contribution in [3.8, 4) is 0 Å². The molecule has 0 atom stereocenters. The molecular weight excluding hydrogens is 258 g/mol. The third-order valence-corrected chi connectivity index (χ3v) is 2.56. The SMILES string of the molecule is OCc1coc(Cc2ccc(Br)cc2)n1. The molecule has 0 amide bonds. The van der Waals surface area contributed by atoms with Crippen molar-refractivity contribution in [2.75, 3.05) is 0 Å². The van der Waals surface area contributed by atoms with E-state index in [4.69, 9.17) is 9.52 Å². The molecule has 0 aliphatic heterocycles. The molecule has 3 nitrogen and oxygen atoms in total. The largest absolute Gasteiger partial charge is 0.448 e. The number of aromatic nitrogens is 1. The van der Waals surface area contributed by atoms with E-state index in [0.29, 0.717) is 18.0 Å². The molecule has 4 heteroatoms. The van der Waals surface area contributed by atoms with Crippen LogP contribution in [0.15, 0.2) is 39.4 Å². The Hall–Kier alpha value is -1.13. The van der Waals surface area contributed by atoms with E-state index in [2.05, 4.69) is 20.9 Å². The van der Waals surface area contributed by atoms with Gasteiger partial charge in [-0.05, 0) is 17.7 Å². The van der Waals surface area contributed by atoms with Gasteiger partial charge in [0.05, 0.1) is 6.61 Å². The van der Waals surface area contributed by atoms with E-state index >= 15 is 0 Å². The molecule has 0 aliphatic carbocycles. The first-order chi connectivity index (χ1) is 7.28. The minimum atomic E-state index is -0.0795. The van der Waals surface area contributed by atoms with Crippen LogP contribution in [0.25, 0.3) is 0 Å². The molecule has 2 rings (SSSR count). The number of aliphatic hydroxyl groups excluding tert-OH is 1. The third-order valence-electron chi connectivity index (χ3n) is 2.03. The van der Waals surface area contributed by atoms with Crippen molar-refractivity contribution >= 4 is 15.9 Å². The summed E-state index contributed by atoms with van der Waals surface area (Å²) >= 11 is 3.37. The molecule has 1 N–H and O–H groups in total. The van der Waals surface area contributed by atoms with Crippen LogP contribution in [0, 0.1) is 0 Å². The highest BCUT2D eigenvalue weighted by Gasteiger charge is 2.03. The minimum absolute atomic E-state index is 0.0795. The highest BCUT2D eigenvalue weighted by molar-refractivity contribution is 9.10. The van der Waals surface area contributed by atoms with E-state index in [1.807, 2.05) is 24.3 Å². The summed E-state index contributed by atoms with van der Waals surface area (Å²) < 4.78 is 6.26. The van der Waals surface area contributed by atoms with Crippen LogP contribution in [0.5, 0.6) is 0 Å². The van der Waals surface area contributed by atoms with Crippen LogP contribution in [0.4, 0.5) is 0 Å². The maximum absolute atomic E-state index is 8.82. The van der Waals surface area contributed by atoms with Crippen molar-refractivity contribution in [3.63, 3.8) is 0 Å². The van der Waals surface area contributed by atoms with Crippen molar-refractivity contribution in [1.82, 2.24) is 4.98 Å². The Morgan fingerprint density at radius 1 is 1.27 bits per heavy atom. The number of halogens is 1. The van der Waals surface area contributed by atoms with Gasteiger partial charge in [0.2, 0.25) is 0 Å². The van der Waals surface area contributed by atoms with E-state index < -0.39 is 0 Å². The van der Waals surface area contributed by atoms with Gasteiger partial charge < -0.3 is 9.52 Å². The van der Waals surface area contributed by atoms with Crippen LogP contribution in [-0.4, -0.2) is 10.1 Å². The second kappa shape index (κ2) is 4.59. The Morgan fingerprint density at radius 3 is 2.60 bits per heavy atom. The Balaban J connectivity index is 2.11. The number of aliphatic hydroxyl groups is 1. The van der Waals surface area contributed by atoms with Crippen LogP contribution in [0.3, 0.4) is 0 Å². The van der Waals surface area contributed by atoms with Gasteiger partial charge in [0.25, 0.3) is 0 Å². The molecule has 0 aliphatic rings. The zero-order valence-corrected chi connectivity index (χ0v) is 9.57. The van der Waals surface area contributed by atoms with Gasteiger partial charge in [-0.3, -0.25) is 0 Å². The number of nitrogens with zero attached hydrogens (tertiary/aromatic N) is 1. The summed E-state index contributed by atoms with van der Waals surface area (Å²) in [5.41, 5.74) is 1.70. The molecule has 15 heavy (non-hydrogen) atoms. The molecule has 78 valence electrons. The summed E-state index contributed by atoms with van der Waals surface area (Å²) in [5, 5.41) is 8.82. The molecule has 1 aromatic heterocycles. The first-order valence-corrected chi connectivity index (χ1v) is 5.36. The number of hydrogen-bond acceptors (Lipinski definition) is 3. The van der Waals surface area contributed by atoms with E-state index in [1.165, 1.54) is 6.26 Å². The average Bonchev–Trinajstić information content (AvgIpc) is 2.69. The summed E-state index contributed by atoms with van der Waals surface area (Å²) in [7, 11) is 0. The van der Waals surface area contributed by atoms with E-state index in [-0.39, 0.29) is 6.61 Å². The lowest BCUT2D eigenvalue weighted by Gasteiger charge is -1.96. The second-order valence-corrected chi connectivity index (χ2v) is 4.11. The van der Waals surface area contributed by atoms with Gasteiger partial charge in [-0.15, -0.1) is 0 Å². The van der Waals surface area contributed by atoms with Gasteiger partial charge in [0, 0.05) is 10.9 Å². The quantitative estimate of drug-likeness (QED) is 0.930. The molecule has 1 aromatic carbocycles. The molecular formula is C11H10BrNO2. The molecule has 0 unspecified atom stereocenters. The number of benzene rings is 1. The highest BCUT2D eigenvalue weighted by atomic mass is 79.9. The first-order valence-electron chi connectivity index (χ1n) is 4.56. The Kier molecular flexibility index (Phi) is 3.18. The summed E-state index contributed by atoms with van der Waals surface area (Å²) in [4.78, 5) is 4.12. The van der Waals surface area contributed by atoms with E-state index in [9.17, 15) is 0 Å². The van der Waals surface area contributed by atoms with Gasteiger partial charge in [-0.25, -0.2) is 4.98 Å². The van der Waals surface area contributed by atoms with Gasteiger partial charge in [-0.2, -0.15) is 0 Å². The van der Waals surface area contributed by atoms with Crippen LogP contribution in [0.1, 0.15) is 17.1 Å². The van der Waals surface area contributed by atoms with Crippen molar-refractivity contribution in [1.29, 1.82) is 0 Å². The molecule has 0 bridgehead atoms. The lowest BCUT2D eigenvalue weighted by atomic mass is 10.1. The molecule has 0 saturated heterocycles. The Bertz CT molecular complexity index is 436. The fourth-order valence-corrected chi connectivity index (χ4v) is 1.54. The predicted molar refractivity (Wildman–Crippen MR) is 59.4 cm³/mol. The first kappa shape index (κ1) is 10.4. The summed E-state index contributed by atoms with van der Waals surface area (Å²) in [6.45, 7) is -0.0795. The molecule has 0 fully saturated rings. The van der Waals surface area contributed by atoms with Crippen molar-refractivity contribution < 1.29 is 9.52 Å².